The Morgan fingerprint density at radius 3 is 2.42 bits per heavy atom. The molecule has 3 rings (SSSR count). The Labute approximate surface area is 110 Å². The summed E-state index contributed by atoms with van der Waals surface area (Å²) < 4.78 is 5.29. The quantitative estimate of drug-likeness (QED) is 0.689. The average Bonchev–Trinajstić information content (AvgIpc) is 3.02. The van der Waals surface area contributed by atoms with E-state index in [4.69, 9.17) is 9.68 Å². The largest absolute Gasteiger partial charge is 0.444 e. The first-order valence-corrected chi connectivity index (χ1v) is 5.86. The zero-order valence-electron chi connectivity index (χ0n) is 10.1. The van der Waals surface area contributed by atoms with E-state index in [1.165, 1.54) is 6.39 Å². The monoisotopic (exact) mass is 246 g/mol. The number of nitrogens with zero attached hydrogens (tertiary/aromatic N) is 2. The summed E-state index contributed by atoms with van der Waals surface area (Å²) >= 11 is 0. The zero-order valence-corrected chi connectivity index (χ0v) is 10.1. The molecule has 0 fully saturated rings. The van der Waals surface area contributed by atoms with Crippen LogP contribution in [0.15, 0.2) is 65.5 Å². The number of rotatable bonds is 2. The van der Waals surface area contributed by atoms with Gasteiger partial charge in [0.05, 0.1) is 17.8 Å². The summed E-state index contributed by atoms with van der Waals surface area (Å²) in [7, 11) is 0. The van der Waals surface area contributed by atoms with Crippen LogP contribution in [0.5, 0.6) is 0 Å². The zero-order chi connectivity index (χ0) is 13.1. The predicted octanol–water partition coefficient (Wildman–Crippen LogP) is 3.88. The highest BCUT2D eigenvalue weighted by Crippen LogP contribution is 2.26. The fraction of sp³-hybridized carbons (Fsp3) is 0. The third-order valence-corrected chi connectivity index (χ3v) is 2.93. The molecule has 2 aromatic carbocycles. The SMILES string of the molecule is N#Cc1ccc(-c2cccc(-c3cnco3)c2)cc1. The van der Waals surface area contributed by atoms with Crippen LogP contribution >= 0.6 is 0 Å². The molecule has 0 bridgehead atoms. The summed E-state index contributed by atoms with van der Waals surface area (Å²) in [4.78, 5) is 3.92. The maximum atomic E-state index is 8.80. The summed E-state index contributed by atoms with van der Waals surface area (Å²) in [6.07, 6.45) is 3.11. The van der Waals surface area contributed by atoms with E-state index in [9.17, 15) is 0 Å². The first kappa shape index (κ1) is 11.2. The van der Waals surface area contributed by atoms with Crippen molar-refractivity contribution in [3.05, 3.63) is 66.7 Å². The van der Waals surface area contributed by atoms with Gasteiger partial charge in [0.25, 0.3) is 0 Å². The minimum atomic E-state index is 0.662. The van der Waals surface area contributed by atoms with Crippen LogP contribution in [0, 0.1) is 11.3 Å². The highest BCUT2D eigenvalue weighted by atomic mass is 16.3. The number of benzene rings is 2. The van der Waals surface area contributed by atoms with Crippen molar-refractivity contribution in [3.8, 4) is 28.5 Å². The molecule has 0 atom stereocenters. The van der Waals surface area contributed by atoms with E-state index in [2.05, 4.69) is 11.1 Å². The third-order valence-electron chi connectivity index (χ3n) is 2.93. The van der Waals surface area contributed by atoms with Gasteiger partial charge < -0.3 is 4.42 Å². The molecule has 3 nitrogen and oxygen atoms in total. The highest BCUT2D eigenvalue weighted by Gasteiger charge is 2.04. The van der Waals surface area contributed by atoms with Crippen molar-refractivity contribution in [2.45, 2.75) is 0 Å². The maximum Gasteiger partial charge on any atom is 0.181 e. The number of aromatic nitrogens is 1. The number of nitriles is 1. The third kappa shape index (κ3) is 2.24. The number of oxazole rings is 1. The van der Waals surface area contributed by atoms with Gasteiger partial charge in [0.2, 0.25) is 0 Å². The van der Waals surface area contributed by atoms with Crippen LogP contribution in [0.3, 0.4) is 0 Å². The second-order valence-electron chi connectivity index (χ2n) is 4.14. The molecule has 3 aromatic rings. The molecule has 1 heterocycles. The van der Waals surface area contributed by atoms with E-state index >= 15 is 0 Å². The molecule has 1 aromatic heterocycles. The molecule has 0 aliphatic carbocycles. The molecule has 0 aliphatic rings. The normalized spacial score (nSPS) is 10.1. The molecule has 90 valence electrons. The lowest BCUT2D eigenvalue weighted by Gasteiger charge is -2.03. The van der Waals surface area contributed by atoms with Gasteiger partial charge in [-0.3, -0.25) is 0 Å². The smallest absolute Gasteiger partial charge is 0.181 e. The van der Waals surface area contributed by atoms with Crippen LogP contribution in [0.2, 0.25) is 0 Å². The second-order valence-corrected chi connectivity index (χ2v) is 4.14. The van der Waals surface area contributed by atoms with Crippen LogP contribution in [0.25, 0.3) is 22.5 Å². The van der Waals surface area contributed by atoms with Crippen molar-refractivity contribution in [2.24, 2.45) is 0 Å². The highest BCUT2D eigenvalue weighted by molar-refractivity contribution is 5.70. The van der Waals surface area contributed by atoms with E-state index < -0.39 is 0 Å². The molecule has 0 saturated carbocycles. The van der Waals surface area contributed by atoms with Crippen LogP contribution in [0.4, 0.5) is 0 Å². The van der Waals surface area contributed by atoms with Crippen molar-refractivity contribution in [3.63, 3.8) is 0 Å². The van der Waals surface area contributed by atoms with Gasteiger partial charge in [-0.25, -0.2) is 4.98 Å². The van der Waals surface area contributed by atoms with E-state index in [1.807, 2.05) is 48.5 Å². The molecular weight excluding hydrogens is 236 g/mol. The average molecular weight is 246 g/mol. The molecule has 0 saturated heterocycles. The van der Waals surface area contributed by atoms with Crippen molar-refractivity contribution in [2.75, 3.05) is 0 Å². The second kappa shape index (κ2) is 4.79. The number of hydrogen-bond acceptors (Lipinski definition) is 3. The first-order valence-electron chi connectivity index (χ1n) is 5.86. The first-order chi connectivity index (χ1) is 9.36. The van der Waals surface area contributed by atoms with Gasteiger partial charge in [-0.1, -0.05) is 30.3 Å². The van der Waals surface area contributed by atoms with Crippen molar-refractivity contribution in [1.29, 1.82) is 5.26 Å². The summed E-state index contributed by atoms with van der Waals surface area (Å²) in [6.45, 7) is 0. The van der Waals surface area contributed by atoms with Crippen molar-refractivity contribution in [1.82, 2.24) is 4.98 Å². The van der Waals surface area contributed by atoms with Crippen LogP contribution in [0.1, 0.15) is 5.56 Å². The fourth-order valence-electron chi connectivity index (χ4n) is 1.95. The Bertz CT molecular complexity index is 722. The summed E-state index contributed by atoms with van der Waals surface area (Å²) in [6, 6.07) is 17.7. The maximum absolute atomic E-state index is 8.80. The van der Waals surface area contributed by atoms with Crippen molar-refractivity contribution < 1.29 is 4.42 Å². The predicted molar refractivity (Wildman–Crippen MR) is 72.1 cm³/mol. The van der Waals surface area contributed by atoms with Gasteiger partial charge in [-0.05, 0) is 29.3 Å². The van der Waals surface area contributed by atoms with Gasteiger partial charge in [0.15, 0.2) is 12.2 Å². The van der Waals surface area contributed by atoms with Crippen LogP contribution < -0.4 is 0 Å². The molecule has 0 spiro atoms. The minimum absolute atomic E-state index is 0.662. The minimum Gasteiger partial charge on any atom is -0.444 e. The van der Waals surface area contributed by atoms with Gasteiger partial charge in [-0.2, -0.15) is 5.26 Å². The summed E-state index contributed by atoms with van der Waals surface area (Å²) in [5.74, 6) is 0.746. The van der Waals surface area contributed by atoms with Gasteiger partial charge in [0.1, 0.15) is 0 Å². The Hall–Kier alpha value is -2.86. The summed E-state index contributed by atoms with van der Waals surface area (Å²) in [5, 5.41) is 8.80. The lowest BCUT2D eigenvalue weighted by atomic mass is 10.0. The van der Waals surface area contributed by atoms with Crippen LogP contribution in [-0.4, -0.2) is 4.98 Å². The van der Waals surface area contributed by atoms with E-state index in [1.54, 1.807) is 6.20 Å². The number of hydrogen-bond donors (Lipinski definition) is 0. The molecule has 0 unspecified atom stereocenters. The Morgan fingerprint density at radius 2 is 1.74 bits per heavy atom. The lowest BCUT2D eigenvalue weighted by Crippen LogP contribution is -1.81. The molecule has 0 radical (unpaired) electrons. The molecule has 19 heavy (non-hydrogen) atoms. The van der Waals surface area contributed by atoms with Crippen molar-refractivity contribution >= 4 is 0 Å². The molecule has 3 heteroatoms. The molecule has 0 aliphatic heterocycles. The molecular formula is C16H10N2O. The molecule has 0 N–H and O–H groups in total. The lowest BCUT2D eigenvalue weighted by molar-refractivity contribution is 0.572. The van der Waals surface area contributed by atoms with Crippen LogP contribution in [-0.2, 0) is 0 Å². The summed E-state index contributed by atoms with van der Waals surface area (Å²) in [5.41, 5.74) is 3.80. The standard InChI is InChI=1S/C16H10N2O/c17-9-12-4-6-13(7-5-12)14-2-1-3-15(8-14)16-10-18-11-19-16/h1-8,10-11H. The van der Waals surface area contributed by atoms with Gasteiger partial charge >= 0.3 is 0 Å². The van der Waals surface area contributed by atoms with Gasteiger partial charge in [-0.15, -0.1) is 0 Å². The topological polar surface area (TPSA) is 49.8 Å². The Kier molecular flexibility index (Phi) is 2.83. The fourth-order valence-corrected chi connectivity index (χ4v) is 1.95. The van der Waals surface area contributed by atoms with Gasteiger partial charge in [0, 0.05) is 5.56 Å². The Morgan fingerprint density at radius 1 is 0.947 bits per heavy atom. The van der Waals surface area contributed by atoms with E-state index in [0.717, 1.165) is 22.5 Å². The Balaban J connectivity index is 2.01. The molecule has 0 amide bonds. The van der Waals surface area contributed by atoms with E-state index in [-0.39, 0.29) is 0 Å². The van der Waals surface area contributed by atoms with E-state index in [0.29, 0.717) is 5.56 Å².